The van der Waals surface area contributed by atoms with Crippen molar-refractivity contribution in [2.24, 2.45) is 0 Å². The molecule has 0 N–H and O–H groups in total. The molecule has 0 unspecified atom stereocenters. The fourth-order valence-corrected chi connectivity index (χ4v) is 4.56. The number of thiazole rings is 1. The molecule has 6 nitrogen and oxygen atoms in total. The summed E-state index contributed by atoms with van der Waals surface area (Å²) in [5.74, 6) is 0.121. The molecule has 0 atom stereocenters. The number of amides is 1. The molecule has 2 aromatic heterocycles. The van der Waals surface area contributed by atoms with Gasteiger partial charge in [0.05, 0.1) is 11.1 Å². The van der Waals surface area contributed by atoms with Gasteiger partial charge in [-0.3, -0.25) is 18.9 Å². The third-order valence-corrected chi connectivity index (χ3v) is 6.51. The van der Waals surface area contributed by atoms with Crippen LogP contribution in [0.1, 0.15) is 25.1 Å². The Morgan fingerprint density at radius 3 is 2.55 bits per heavy atom. The molecule has 1 amide bonds. The lowest BCUT2D eigenvalue weighted by molar-refractivity contribution is -0.138. The van der Waals surface area contributed by atoms with Crippen LogP contribution < -0.4 is 5.56 Å². The van der Waals surface area contributed by atoms with E-state index in [0.717, 1.165) is 24.3 Å². The van der Waals surface area contributed by atoms with E-state index in [0.29, 0.717) is 29.6 Å². The molecule has 0 aliphatic carbocycles. The van der Waals surface area contributed by atoms with E-state index in [2.05, 4.69) is 9.88 Å². The lowest BCUT2D eigenvalue weighted by Gasteiger charge is -2.38. The van der Waals surface area contributed by atoms with Gasteiger partial charge < -0.3 is 4.90 Å². The Hall–Kier alpha value is -2.22. The van der Waals surface area contributed by atoms with E-state index in [1.54, 1.807) is 16.7 Å². The molecule has 1 saturated heterocycles. The molecule has 8 heteroatoms. The number of nitrogens with zero attached hydrogens (tertiary/aromatic N) is 4. The normalized spacial score (nSPS) is 15.8. The third-order valence-electron chi connectivity index (χ3n) is 5.50. The van der Waals surface area contributed by atoms with Gasteiger partial charge in [0.1, 0.15) is 0 Å². The summed E-state index contributed by atoms with van der Waals surface area (Å²) < 4.78 is 1.56. The van der Waals surface area contributed by atoms with Crippen molar-refractivity contribution in [2.45, 2.75) is 25.8 Å². The standard InChI is InChI=1S/C21H23ClN4O2S/c1-21(2,15-3-5-16(22)6-4-15)19(28)25-9-7-24(8-10-25)14-17-13-18(27)26-11-12-29-20(26)23-17/h3-6,11-13H,7-10,14H2,1-2H3. The van der Waals surface area contributed by atoms with Crippen LogP contribution in [-0.4, -0.2) is 51.3 Å². The highest BCUT2D eigenvalue weighted by Gasteiger charge is 2.35. The third kappa shape index (κ3) is 4.08. The van der Waals surface area contributed by atoms with Crippen molar-refractivity contribution in [3.05, 3.63) is 68.5 Å². The van der Waals surface area contributed by atoms with Crippen LogP contribution in [0.5, 0.6) is 0 Å². The molecule has 1 fully saturated rings. The van der Waals surface area contributed by atoms with Gasteiger partial charge in [-0.2, -0.15) is 0 Å². The Morgan fingerprint density at radius 2 is 1.86 bits per heavy atom. The van der Waals surface area contributed by atoms with Crippen LogP contribution >= 0.6 is 22.9 Å². The van der Waals surface area contributed by atoms with Gasteiger partial charge in [-0.05, 0) is 31.5 Å². The SMILES string of the molecule is CC(C)(C(=O)N1CCN(Cc2cc(=O)n3ccsc3n2)CC1)c1ccc(Cl)cc1. The van der Waals surface area contributed by atoms with E-state index in [4.69, 9.17) is 11.6 Å². The summed E-state index contributed by atoms with van der Waals surface area (Å²) in [4.78, 5) is 34.8. The second-order valence-corrected chi connectivity index (χ2v) is 9.15. The van der Waals surface area contributed by atoms with Crippen molar-refractivity contribution in [3.8, 4) is 0 Å². The van der Waals surface area contributed by atoms with E-state index in [1.807, 2.05) is 48.4 Å². The molecule has 3 heterocycles. The number of halogens is 1. The fraction of sp³-hybridized carbons (Fsp3) is 0.381. The van der Waals surface area contributed by atoms with E-state index in [9.17, 15) is 9.59 Å². The van der Waals surface area contributed by atoms with E-state index in [-0.39, 0.29) is 11.5 Å². The number of fused-ring (bicyclic) bond motifs is 1. The molecule has 0 radical (unpaired) electrons. The molecule has 1 aliphatic rings. The molecule has 1 aliphatic heterocycles. The summed E-state index contributed by atoms with van der Waals surface area (Å²) >= 11 is 7.44. The first-order chi connectivity index (χ1) is 13.8. The van der Waals surface area contributed by atoms with Crippen molar-refractivity contribution in [1.29, 1.82) is 0 Å². The van der Waals surface area contributed by atoms with E-state index >= 15 is 0 Å². The molecular weight excluding hydrogens is 408 g/mol. The molecule has 4 rings (SSSR count). The maximum absolute atomic E-state index is 13.2. The van der Waals surface area contributed by atoms with Crippen molar-refractivity contribution in [1.82, 2.24) is 19.2 Å². The van der Waals surface area contributed by atoms with Crippen LogP contribution in [0.4, 0.5) is 0 Å². The average molecular weight is 431 g/mol. The van der Waals surface area contributed by atoms with Gasteiger partial charge in [-0.15, -0.1) is 11.3 Å². The number of carbonyl (C=O) groups excluding carboxylic acids is 1. The largest absolute Gasteiger partial charge is 0.339 e. The zero-order chi connectivity index (χ0) is 20.6. The minimum absolute atomic E-state index is 0.0511. The molecule has 0 bridgehead atoms. The Kier molecular flexibility index (Phi) is 5.46. The summed E-state index contributed by atoms with van der Waals surface area (Å²) in [6.45, 7) is 7.37. The second kappa shape index (κ2) is 7.89. The van der Waals surface area contributed by atoms with Crippen LogP contribution in [0.3, 0.4) is 0 Å². The first kappa shape index (κ1) is 20.1. The topological polar surface area (TPSA) is 57.9 Å². The van der Waals surface area contributed by atoms with Crippen molar-refractivity contribution in [3.63, 3.8) is 0 Å². The highest BCUT2D eigenvalue weighted by atomic mass is 35.5. The van der Waals surface area contributed by atoms with Gasteiger partial charge >= 0.3 is 0 Å². The molecule has 1 aromatic carbocycles. The fourth-order valence-electron chi connectivity index (χ4n) is 3.69. The van der Waals surface area contributed by atoms with Crippen LogP contribution in [0.25, 0.3) is 4.96 Å². The second-order valence-electron chi connectivity index (χ2n) is 7.84. The Morgan fingerprint density at radius 1 is 1.17 bits per heavy atom. The van der Waals surface area contributed by atoms with Gasteiger partial charge in [0.15, 0.2) is 4.96 Å². The lowest BCUT2D eigenvalue weighted by Crippen LogP contribution is -2.53. The zero-order valence-electron chi connectivity index (χ0n) is 16.5. The Bertz CT molecular complexity index is 1080. The van der Waals surface area contributed by atoms with Gasteiger partial charge in [0, 0.05) is 55.4 Å². The van der Waals surface area contributed by atoms with Crippen molar-refractivity contribution >= 4 is 33.8 Å². The van der Waals surface area contributed by atoms with Crippen LogP contribution in [-0.2, 0) is 16.8 Å². The molecule has 3 aromatic rings. The maximum Gasteiger partial charge on any atom is 0.258 e. The number of hydrogen-bond donors (Lipinski definition) is 0. The van der Waals surface area contributed by atoms with Gasteiger partial charge in [0.25, 0.3) is 5.56 Å². The summed E-state index contributed by atoms with van der Waals surface area (Å²) in [6, 6.07) is 9.08. The van der Waals surface area contributed by atoms with Crippen molar-refractivity contribution < 1.29 is 4.79 Å². The van der Waals surface area contributed by atoms with Crippen LogP contribution in [0, 0.1) is 0 Å². The van der Waals surface area contributed by atoms with E-state index < -0.39 is 5.41 Å². The zero-order valence-corrected chi connectivity index (χ0v) is 18.0. The number of rotatable bonds is 4. The number of hydrogen-bond acceptors (Lipinski definition) is 5. The smallest absolute Gasteiger partial charge is 0.258 e. The predicted molar refractivity (Wildman–Crippen MR) is 116 cm³/mol. The summed E-state index contributed by atoms with van der Waals surface area (Å²) in [6.07, 6.45) is 1.74. The van der Waals surface area contributed by atoms with E-state index in [1.165, 1.54) is 11.3 Å². The lowest BCUT2D eigenvalue weighted by atomic mass is 9.83. The Labute approximate surface area is 178 Å². The van der Waals surface area contributed by atoms with Gasteiger partial charge in [-0.25, -0.2) is 4.98 Å². The monoisotopic (exact) mass is 430 g/mol. The van der Waals surface area contributed by atoms with Crippen LogP contribution in [0.15, 0.2) is 46.7 Å². The summed E-state index contributed by atoms with van der Waals surface area (Å²) in [7, 11) is 0. The number of piperazine rings is 1. The van der Waals surface area contributed by atoms with Crippen LogP contribution in [0.2, 0.25) is 5.02 Å². The summed E-state index contributed by atoms with van der Waals surface area (Å²) in [5, 5.41) is 2.53. The molecule has 29 heavy (non-hydrogen) atoms. The van der Waals surface area contributed by atoms with Gasteiger partial charge in [-0.1, -0.05) is 23.7 Å². The maximum atomic E-state index is 13.2. The minimum Gasteiger partial charge on any atom is -0.339 e. The summed E-state index contributed by atoms with van der Waals surface area (Å²) in [5.41, 5.74) is 1.08. The van der Waals surface area contributed by atoms with Crippen molar-refractivity contribution in [2.75, 3.05) is 26.2 Å². The highest BCUT2D eigenvalue weighted by molar-refractivity contribution is 7.15. The first-order valence-corrected chi connectivity index (χ1v) is 10.8. The molecule has 0 saturated carbocycles. The molecule has 152 valence electrons. The highest BCUT2D eigenvalue weighted by Crippen LogP contribution is 2.27. The predicted octanol–water partition coefficient (Wildman–Crippen LogP) is 3.03. The first-order valence-electron chi connectivity index (χ1n) is 9.58. The average Bonchev–Trinajstić information content (AvgIpc) is 3.17. The molecule has 0 spiro atoms. The number of carbonyl (C=O) groups is 1. The van der Waals surface area contributed by atoms with Gasteiger partial charge in [0.2, 0.25) is 5.91 Å². The Balaban J connectivity index is 1.40. The minimum atomic E-state index is -0.604. The quantitative estimate of drug-likeness (QED) is 0.638. The molecular formula is C21H23ClN4O2S. The number of benzene rings is 1. The number of aromatic nitrogens is 2.